The summed E-state index contributed by atoms with van der Waals surface area (Å²) < 4.78 is 16.1. The lowest BCUT2D eigenvalue weighted by Gasteiger charge is -2.26. The highest BCUT2D eigenvalue weighted by atomic mass is 16.5. The second kappa shape index (κ2) is 13.8. The van der Waals surface area contributed by atoms with Crippen LogP contribution in [0.1, 0.15) is 40.5 Å². The third-order valence-corrected chi connectivity index (χ3v) is 3.26. The summed E-state index contributed by atoms with van der Waals surface area (Å²) in [6.45, 7) is 14.9. The lowest BCUT2D eigenvalue weighted by atomic mass is 10.1. The third kappa shape index (κ3) is 12.9. The fraction of sp³-hybridized carbons (Fsp3) is 1.00. The van der Waals surface area contributed by atoms with Crippen molar-refractivity contribution in [2.75, 3.05) is 53.2 Å². The summed E-state index contributed by atoms with van der Waals surface area (Å²) in [7, 11) is 1.70. The van der Waals surface area contributed by atoms with E-state index in [0.717, 1.165) is 51.7 Å². The maximum atomic E-state index is 5.70. The number of hydrogen-bond donors (Lipinski definition) is 0. The fourth-order valence-corrected chi connectivity index (χ4v) is 1.85. The lowest BCUT2D eigenvalue weighted by molar-refractivity contribution is 0.0563. The average Bonchev–Trinajstić information content (AvgIpc) is 2.39. The molecule has 0 aliphatic carbocycles. The van der Waals surface area contributed by atoms with E-state index in [-0.39, 0.29) is 0 Å². The average molecular weight is 289 g/mol. The largest absolute Gasteiger partial charge is 0.382 e. The Morgan fingerprint density at radius 3 is 2.10 bits per heavy atom. The van der Waals surface area contributed by atoms with E-state index < -0.39 is 0 Å². The molecule has 0 heterocycles. The summed E-state index contributed by atoms with van der Waals surface area (Å²) >= 11 is 0. The molecular formula is C16H35NO3. The molecule has 0 spiro atoms. The third-order valence-electron chi connectivity index (χ3n) is 3.26. The van der Waals surface area contributed by atoms with E-state index in [1.165, 1.54) is 0 Å². The molecule has 0 amide bonds. The Morgan fingerprint density at radius 1 is 0.800 bits per heavy atom. The van der Waals surface area contributed by atoms with E-state index in [4.69, 9.17) is 14.2 Å². The van der Waals surface area contributed by atoms with Crippen LogP contribution in [0.4, 0.5) is 0 Å². The second-order valence-electron chi connectivity index (χ2n) is 5.88. The Labute approximate surface area is 125 Å². The first-order valence-electron chi connectivity index (χ1n) is 7.96. The molecule has 122 valence electrons. The molecule has 0 unspecified atom stereocenters. The lowest BCUT2D eigenvalue weighted by Crippen LogP contribution is -2.35. The van der Waals surface area contributed by atoms with Gasteiger partial charge in [-0.25, -0.2) is 0 Å². The van der Waals surface area contributed by atoms with Crippen molar-refractivity contribution in [2.24, 2.45) is 5.92 Å². The molecule has 0 bridgehead atoms. The van der Waals surface area contributed by atoms with Gasteiger partial charge < -0.3 is 14.2 Å². The quantitative estimate of drug-likeness (QED) is 0.460. The van der Waals surface area contributed by atoms with E-state index in [2.05, 4.69) is 32.6 Å². The maximum absolute atomic E-state index is 5.70. The predicted octanol–water partition coefficient (Wildman–Crippen LogP) is 2.81. The van der Waals surface area contributed by atoms with Crippen molar-refractivity contribution in [3.8, 4) is 0 Å². The minimum Gasteiger partial charge on any atom is -0.382 e. The van der Waals surface area contributed by atoms with Gasteiger partial charge >= 0.3 is 0 Å². The van der Waals surface area contributed by atoms with Crippen LogP contribution in [0.15, 0.2) is 0 Å². The Balaban J connectivity index is 3.56. The van der Waals surface area contributed by atoms with Crippen LogP contribution >= 0.6 is 0 Å². The first-order valence-corrected chi connectivity index (χ1v) is 7.96. The van der Waals surface area contributed by atoms with Crippen molar-refractivity contribution in [2.45, 2.75) is 46.6 Å². The molecule has 0 aromatic carbocycles. The molecule has 0 saturated carbocycles. The maximum Gasteiger partial charge on any atom is 0.0700 e. The van der Waals surface area contributed by atoms with Crippen LogP contribution in [0.3, 0.4) is 0 Å². The van der Waals surface area contributed by atoms with Gasteiger partial charge in [0.1, 0.15) is 0 Å². The highest BCUT2D eigenvalue weighted by Crippen LogP contribution is 2.02. The fourth-order valence-electron chi connectivity index (χ4n) is 1.85. The van der Waals surface area contributed by atoms with Crippen molar-refractivity contribution in [3.05, 3.63) is 0 Å². The number of rotatable bonds is 14. The number of nitrogens with zero attached hydrogens (tertiary/aromatic N) is 1. The van der Waals surface area contributed by atoms with Crippen molar-refractivity contribution in [1.29, 1.82) is 0 Å². The van der Waals surface area contributed by atoms with Crippen LogP contribution in [0, 0.1) is 5.92 Å². The Hall–Kier alpha value is -0.160. The molecular weight excluding hydrogens is 254 g/mol. The van der Waals surface area contributed by atoms with Crippen LogP contribution in [-0.4, -0.2) is 64.2 Å². The normalized spacial score (nSPS) is 12.0. The molecule has 0 aliphatic heterocycles. The van der Waals surface area contributed by atoms with Crippen molar-refractivity contribution in [1.82, 2.24) is 4.90 Å². The van der Waals surface area contributed by atoms with E-state index in [0.29, 0.717) is 19.3 Å². The standard InChI is InChI=1S/C16H35NO3/c1-15(2)7-11-20-12-9-17(16(3)4)8-6-10-19-14-13-18-5/h15-16H,6-14H2,1-5H3. The zero-order chi connectivity index (χ0) is 15.2. The van der Waals surface area contributed by atoms with E-state index in [1.807, 2.05) is 0 Å². The van der Waals surface area contributed by atoms with Gasteiger partial charge in [0.2, 0.25) is 0 Å². The van der Waals surface area contributed by atoms with Crippen molar-refractivity contribution >= 4 is 0 Å². The second-order valence-corrected chi connectivity index (χ2v) is 5.88. The highest BCUT2D eigenvalue weighted by molar-refractivity contribution is 4.62. The zero-order valence-electron chi connectivity index (χ0n) is 14.2. The zero-order valence-corrected chi connectivity index (χ0v) is 14.2. The predicted molar refractivity (Wildman–Crippen MR) is 84.3 cm³/mol. The van der Waals surface area contributed by atoms with Crippen LogP contribution in [0.5, 0.6) is 0 Å². The first kappa shape index (κ1) is 19.8. The molecule has 0 atom stereocenters. The van der Waals surface area contributed by atoms with Gasteiger partial charge in [-0.2, -0.15) is 0 Å². The molecule has 0 rings (SSSR count). The van der Waals surface area contributed by atoms with E-state index in [9.17, 15) is 0 Å². The topological polar surface area (TPSA) is 30.9 Å². The first-order chi connectivity index (χ1) is 9.57. The van der Waals surface area contributed by atoms with Crippen LogP contribution < -0.4 is 0 Å². The SMILES string of the molecule is COCCOCCCN(CCOCCC(C)C)C(C)C. The Kier molecular flexibility index (Phi) is 13.7. The summed E-state index contributed by atoms with van der Waals surface area (Å²) in [6, 6.07) is 0.558. The van der Waals surface area contributed by atoms with Crippen LogP contribution in [0.25, 0.3) is 0 Å². The molecule has 0 aromatic heterocycles. The molecule has 0 N–H and O–H groups in total. The van der Waals surface area contributed by atoms with Gasteiger partial charge in [-0.15, -0.1) is 0 Å². The molecule has 4 heteroatoms. The molecule has 0 aromatic rings. The summed E-state index contributed by atoms with van der Waals surface area (Å²) in [4.78, 5) is 2.45. The van der Waals surface area contributed by atoms with Gasteiger partial charge in [-0.05, 0) is 32.6 Å². The molecule has 0 saturated heterocycles. The summed E-state index contributed by atoms with van der Waals surface area (Å²) in [6.07, 6.45) is 2.21. The molecule has 0 radical (unpaired) electrons. The molecule has 20 heavy (non-hydrogen) atoms. The van der Waals surface area contributed by atoms with Gasteiger partial charge in [0.05, 0.1) is 19.8 Å². The van der Waals surface area contributed by atoms with E-state index >= 15 is 0 Å². The number of methoxy groups -OCH3 is 1. The van der Waals surface area contributed by atoms with Crippen LogP contribution in [-0.2, 0) is 14.2 Å². The summed E-state index contributed by atoms with van der Waals surface area (Å²) in [5.74, 6) is 0.723. The molecule has 0 aliphatic rings. The minimum atomic E-state index is 0.558. The summed E-state index contributed by atoms with van der Waals surface area (Å²) in [5, 5.41) is 0. The number of ether oxygens (including phenoxy) is 3. The van der Waals surface area contributed by atoms with Crippen molar-refractivity contribution < 1.29 is 14.2 Å². The smallest absolute Gasteiger partial charge is 0.0700 e. The molecule has 4 nitrogen and oxygen atoms in total. The van der Waals surface area contributed by atoms with Gasteiger partial charge in [0.15, 0.2) is 0 Å². The van der Waals surface area contributed by atoms with Crippen molar-refractivity contribution in [3.63, 3.8) is 0 Å². The highest BCUT2D eigenvalue weighted by Gasteiger charge is 2.08. The van der Waals surface area contributed by atoms with Crippen LogP contribution in [0.2, 0.25) is 0 Å². The summed E-state index contributed by atoms with van der Waals surface area (Å²) in [5.41, 5.74) is 0. The van der Waals surface area contributed by atoms with Gasteiger partial charge in [-0.3, -0.25) is 4.90 Å². The Bertz CT molecular complexity index is 198. The Morgan fingerprint density at radius 2 is 1.50 bits per heavy atom. The van der Waals surface area contributed by atoms with Gasteiger partial charge in [0, 0.05) is 39.5 Å². The van der Waals surface area contributed by atoms with Gasteiger partial charge in [-0.1, -0.05) is 13.8 Å². The van der Waals surface area contributed by atoms with Gasteiger partial charge in [0.25, 0.3) is 0 Å². The number of hydrogen-bond acceptors (Lipinski definition) is 4. The monoisotopic (exact) mass is 289 g/mol. The molecule has 0 fully saturated rings. The minimum absolute atomic E-state index is 0.558. The van der Waals surface area contributed by atoms with E-state index in [1.54, 1.807) is 7.11 Å².